The van der Waals surface area contributed by atoms with Gasteiger partial charge < -0.3 is 4.57 Å². The van der Waals surface area contributed by atoms with Crippen LogP contribution in [0.5, 0.6) is 0 Å². The lowest BCUT2D eigenvalue weighted by Gasteiger charge is -2.11. The first kappa shape index (κ1) is 31.8. The summed E-state index contributed by atoms with van der Waals surface area (Å²) in [6.07, 6.45) is 1.88. The van der Waals surface area contributed by atoms with Gasteiger partial charge in [-0.15, -0.1) is 11.3 Å². The number of aromatic nitrogens is 6. The van der Waals surface area contributed by atoms with Crippen molar-refractivity contribution in [1.29, 1.82) is 0 Å². The lowest BCUT2D eigenvalue weighted by atomic mass is 10.0. The first-order chi connectivity index (χ1) is 28.2. The molecule has 0 atom stereocenters. The number of rotatable bonds is 5. The number of hydrogen-bond donors (Lipinski definition) is 0. The van der Waals surface area contributed by atoms with Crippen LogP contribution in [0.25, 0.3) is 109 Å². The van der Waals surface area contributed by atoms with Gasteiger partial charge in [0.25, 0.3) is 0 Å². The van der Waals surface area contributed by atoms with E-state index in [1.54, 1.807) is 11.3 Å². The molecule has 5 aromatic heterocycles. The second kappa shape index (κ2) is 12.5. The molecule has 0 amide bonds. The van der Waals surface area contributed by atoms with Gasteiger partial charge in [-0.1, -0.05) is 115 Å². The van der Waals surface area contributed by atoms with Gasteiger partial charge in [-0.2, -0.15) is 9.97 Å². The number of benzene rings is 7. The maximum absolute atomic E-state index is 5.15. The highest BCUT2D eigenvalue weighted by Crippen LogP contribution is 2.40. The lowest BCUT2D eigenvalue weighted by Crippen LogP contribution is -2.06. The quantitative estimate of drug-likeness (QED) is 0.176. The molecule has 57 heavy (non-hydrogen) atoms. The summed E-state index contributed by atoms with van der Waals surface area (Å²) in [6.45, 7) is 0. The molecule has 0 fully saturated rings. The Bertz CT molecular complexity index is 3470. The Labute approximate surface area is 330 Å². The van der Waals surface area contributed by atoms with Crippen molar-refractivity contribution in [2.45, 2.75) is 0 Å². The third kappa shape index (κ3) is 5.03. The normalized spacial score (nSPS) is 11.9. The first-order valence-corrected chi connectivity index (χ1v) is 19.8. The van der Waals surface area contributed by atoms with Crippen LogP contribution in [0.4, 0.5) is 0 Å². The Morgan fingerprint density at radius 3 is 1.74 bits per heavy atom. The monoisotopic (exact) mass is 746 g/mol. The standard InChI is InChI=1S/C50H30N6S/c1-3-12-31(13-4-1)48-52-49(32-14-5-2-6-15-32)54-50(53-48)56-42-19-10-7-16-36(42)38-24-21-34(29-44(38)56)33-22-25-43-39(28-33)37-17-8-9-18-41(37)55(43)35-23-26-45-40(30-35)47-46(57-45)20-11-27-51-47/h1-30H. The molecule has 0 unspecified atom stereocenters. The minimum atomic E-state index is 0.579. The molecule has 5 heterocycles. The molecule has 0 aliphatic carbocycles. The van der Waals surface area contributed by atoms with Crippen LogP contribution in [0.1, 0.15) is 0 Å². The number of fused-ring (bicyclic) bond motifs is 9. The molecule has 7 aromatic carbocycles. The maximum Gasteiger partial charge on any atom is 0.238 e. The van der Waals surface area contributed by atoms with E-state index < -0.39 is 0 Å². The summed E-state index contributed by atoms with van der Waals surface area (Å²) >= 11 is 1.79. The van der Waals surface area contributed by atoms with Crippen LogP contribution in [0.2, 0.25) is 0 Å². The summed E-state index contributed by atoms with van der Waals surface area (Å²) in [5.41, 5.74) is 10.7. The van der Waals surface area contributed by atoms with Crippen LogP contribution in [-0.2, 0) is 0 Å². The van der Waals surface area contributed by atoms with E-state index in [1.165, 1.54) is 31.1 Å². The van der Waals surface area contributed by atoms with Crippen molar-refractivity contribution >= 4 is 75.3 Å². The first-order valence-electron chi connectivity index (χ1n) is 19.0. The second-order valence-electron chi connectivity index (χ2n) is 14.3. The molecule has 12 aromatic rings. The van der Waals surface area contributed by atoms with E-state index in [0.717, 1.165) is 60.8 Å². The molecule has 7 heteroatoms. The van der Waals surface area contributed by atoms with E-state index in [1.807, 2.05) is 72.9 Å². The molecule has 0 N–H and O–H groups in total. The summed E-state index contributed by atoms with van der Waals surface area (Å²) in [4.78, 5) is 20.0. The van der Waals surface area contributed by atoms with Crippen LogP contribution in [-0.4, -0.2) is 29.1 Å². The van der Waals surface area contributed by atoms with Gasteiger partial charge in [0.05, 0.1) is 32.3 Å². The van der Waals surface area contributed by atoms with Gasteiger partial charge in [-0.3, -0.25) is 9.55 Å². The van der Waals surface area contributed by atoms with Gasteiger partial charge in [0.1, 0.15) is 0 Å². The van der Waals surface area contributed by atoms with Crippen LogP contribution in [0.15, 0.2) is 182 Å². The van der Waals surface area contributed by atoms with Gasteiger partial charge in [-0.05, 0) is 71.8 Å². The molecular formula is C50H30N6S. The minimum Gasteiger partial charge on any atom is -0.309 e. The van der Waals surface area contributed by atoms with Gasteiger partial charge in [0.15, 0.2) is 11.6 Å². The van der Waals surface area contributed by atoms with Crippen molar-refractivity contribution in [3.8, 4) is 45.5 Å². The lowest BCUT2D eigenvalue weighted by molar-refractivity contribution is 0.953. The van der Waals surface area contributed by atoms with E-state index in [9.17, 15) is 0 Å². The molecule has 266 valence electrons. The van der Waals surface area contributed by atoms with E-state index in [-0.39, 0.29) is 0 Å². The highest BCUT2D eigenvalue weighted by molar-refractivity contribution is 7.25. The summed E-state index contributed by atoms with van der Waals surface area (Å²) in [6, 6.07) is 62.0. The number of nitrogens with zero attached hydrogens (tertiary/aromatic N) is 6. The summed E-state index contributed by atoms with van der Waals surface area (Å²) in [7, 11) is 0. The van der Waals surface area contributed by atoms with Crippen molar-refractivity contribution < 1.29 is 0 Å². The van der Waals surface area contributed by atoms with E-state index in [2.05, 4.69) is 118 Å². The third-order valence-electron chi connectivity index (χ3n) is 11.0. The molecule has 6 nitrogen and oxygen atoms in total. The van der Waals surface area contributed by atoms with E-state index >= 15 is 0 Å². The molecule has 0 aliphatic rings. The fourth-order valence-corrected chi connectivity index (χ4v) is 9.46. The van der Waals surface area contributed by atoms with Crippen LogP contribution >= 0.6 is 11.3 Å². The fraction of sp³-hybridized carbons (Fsp3) is 0. The van der Waals surface area contributed by atoms with E-state index in [4.69, 9.17) is 19.9 Å². The summed E-state index contributed by atoms with van der Waals surface area (Å²) < 4.78 is 7.03. The number of hydrogen-bond acceptors (Lipinski definition) is 5. The maximum atomic E-state index is 5.15. The third-order valence-corrected chi connectivity index (χ3v) is 12.2. The van der Waals surface area contributed by atoms with Crippen molar-refractivity contribution in [1.82, 2.24) is 29.1 Å². The highest BCUT2D eigenvalue weighted by atomic mass is 32.1. The molecule has 0 saturated heterocycles. The second-order valence-corrected chi connectivity index (χ2v) is 15.4. The molecule has 0 radical (unpaired) electrons. The Kier molecular flexibility index (Phi) is 7.00. The average molecular weight is 747 g/mol. The van der Waals surface area contributed by atoms with Crippen LogP contribution in [0, 0.1) is 0 Å². The molecular weight excluding hydrogens is 717 g/mol. The molecule has 0 saturated carbocycles. The zero-order valence-corrected chi connectivity index (χ0v) is 31.2. The summed E-state index contributed by atoms with van der Waals surface area (Å²) in [5, 5.41) is 5.88. The Morgan fingerprint density at radius 2 is 0.982 bits per heavy atom. The molecule has 0 spiro atoms. The predicted molar refractivity (Wildman–Crippen MR) is 235 cm³/mol. The Balaban J connectivity index is 1.05. The zero-order chi connectivity index (χ0) is 37.5. The van der Waals surface area contributed by atoms with Crippen molar-refractivity contribution in [3.63, 3.8) is 0 Å². The SMILES string of the molecule is c1ccc(-c2nc(-c3ccccc3)nc(-n3c4ccccc4c4ccc(-c5ccc6c(c5)c5ccccc5n6-c5ccc6sc7cccnc7c6c5)cc43)n2)cc1. The van der Waals surface area contributed by atoms with Gasteiger partial charge in [0, 0.05) is 54.6 Å². The van der Waals surface area contributed by atoms with Gasteiger partial charge >= 0.3 is 0 Å². The minimum absolute atomic E-state index is 0.579. The van der Waals surface area contributed by atoms with Gasteiger partial charge in [-0.25, -0.2) is 4.98 Å². The highest BCUT2D eigenvalue weighted by Gasteiger charge is 2.20. The zero-order valence-electron chi connectivity index (χ0n) is 30.4. The topological polar surface area (TPSA) is 61.4 Å². The Morgan fingerprint density at radius 1 is 0.368 bits per heavy atom. The van der Waals surface area contributed by atoms with Gasteiger partial charge in [0.2, 0.25) is 5.95 Å². The number of pyridine rings is 1. The number of para-hydroxylation sites is 2. The fourth-order valence-electron chi connectivity index (χ4n) is 8.42. The average Bonchev–Trinajstić information content (AvgIpc) is 3.94. The van der Waals surface area contributed by atoms with Crippen molar-refractivity contribution in [3.05, 3.63) is 182 Å². The Hall–Kier alpha value is -7.48. The summed E-state index contributed by atoms with van der Waals surface area (Å²) in [5.74, 6) is 1.84. The smallest absolute Gasteiger partial charge is 0.238 e. The molecule has 12 rings (SSSR count). The largest absolute Gasteiger partial charge is 0.309 e. The predicted octanol–water partition coefficient (Wildman–Crippen LogP) is 12.8. The van der Waals surface area contributed by atoms with Crippen LogP contribution < -0.4 is 0 Å². The van der Waals surface area contributed by atoms with Crippen molar-refractivity contribution in [2.24, 2.45) is 0 Å². The molecule has 0 bridgehead atoms. The van der Waals surface area contributed by atoms with Crippen LogP contribution in [0.3, 0.4) is 0 Å². The molecule has 0 aliphatic heterocycles. The van der Waals surface area contributed by atoms with Crippen molar-refractivity contribution in [2.75, 3.05) is 0 Å². The number of thiophene rings is 1. The van der Waals surface area contributed by atoms with E-state index in [0.29, 0.717) is 17.6 Å².